The van der Waals surface area contributed by atoms with Crippen molar-refractivity contribution in [1.29, 1.82) is 0 Å². The van der Waals surface area contributed by atoms with Gasteiger partial charge in [0.05, 0.1) is 23.1 Å². The normalized spacial score (nSPS) is 17.3. The van der Waals surface area contributed by atoms with Crippen molar-refractivity contribution in [3.63, 3.8) is 0 Å². The summed E-state index contributed by atoms with van der Waals surface area (Å²) in [5.74, 6) is 1.03. The number of nitrogens with one attached hydrogen (secondary N) is 1. The summed E-state index contributed by atoms with van der Waals surface area (Å²) in [6.07, 6.45) is 8.57. The summed E-state index contributed by atoms with van der Waals surface area (Å²) >= 11 is 0. The van der Waals surface area contributed by atoms with Gasteiger partial charge in [0.1, 0.15) is 11.5 Å². The van der Waals surface area contributed by atoms with Crippen molar-refractivity contribution in [1.82, 2.24) is 25.1 Å². The first kappa shape index (κ1) is 18.7. The summed E-state index contributed by atoms with van der Waals surface area (Å²) in [6, 6.07) is 10.4. The lowest BCUT2D eigenvalue weighted by atomic mass is 10.1. The molecule has 0 saturated carbocycles. The Morgan fingerprint density at radius 2 is 2.03 bits per heavy atom. The monoisotopic (exact) mass is 399 g/mol. The van der Waals surface area contributed by atoms with Gasteiger partial charge in [-0.2, -0.15) is 5.10 Å². The molecule has 152 valence electrons. The van der Waals surface area contributed by atoms with Crippen LogP contribution in [0.4, 0.5) is 5.82 Å². The van der Waals surface area contributed by atoms with E-state index in [-0.39, 0.29) is 6.04 Å². The Kier molecular flexibility index (Phi) is 4.88. The van der Waals surface area contributed by atoms with Crippen molar-refractivity contribution >= 4 is 16.7 Å². The number of hydrogen-bond donors (Lipinski definition) is 2. The number of H-pyrrole nitrogens is 1. The zero-order valence-electron chi connectivity index (χ0n) is 17.0. The molecule has 5 heterocycles. The van der Waals surface area contributed by atoms with Crippen LogP contribution in [0.2, 0.25) is 0 Å². The first-order valence-electron chi connectivity index (χ1n) is 10.4. The van der Waals surface area contributed by atoms with Gasteiger partial charge in [-0.3, -0.25) is 15.1 Å². The summed E-state index contributed by atoms with van der Waals surface area (Å²) in [5, 5.41) is 8.67. The highest BCUT2D eigenvalue weighted by Crippen LogP contribution is 2.30. The molecule has 0 unspecified atom stereocenters. The largest absolute Gasteiger partial charge is 0.356 e. The fourth-order valence-electron chi connectivity index (χ4n) is 4.09. The average molecular weight is 400 g/mol. The summed E-state index contributed by atoms with van der Waals surface area (Å²) in [7, 11) is 0. The molecule has 0 radical (unpaired) electrons. The molecule has 3 N–H and O–H groups in total. The molecule has 0 aromatic carbocycles. The highest BCUT2D eigenvalue weighted by atomic mass is 15.2. The van der Waals surface area contributed by atoms with E-state index in [1.54, 1.807) is 6.20 Å². The van der Waals surface area contributed by atoms with E-state index in [9.17, 15) is 0 Å². The topological polar surface area (TPSA) is 96.6 Å². The lowest BCUT2D eigenvalue weighted by Crippen LogP contribution is -2.27. The summed E-state index contributed by atoms with van der Waals surface area (Å²) in [5.41, 5.74) is 11.8. The maximum Gasteiger partial charge on any atom is 0.132 e. The molecule has 1 saturated heterocycles. The van der Waals surface area contributed by atoms with Crippen molar-refractivity contribution in [2.45, 2.75) is 32.2 Å². The van der Waals surface area contributed by atoms with Crippen LogP contribution < -0.4 is 10.6 Å². The highest BCUT2D eigenvalue weighted by Gasteiger charge is 2.19. The van der Waals surface area contributed by atoms with Gasteiger partial charge in [-0.1, -0.05) is 6.07 Å². The molecule has 5 rings (SSSR count). The van der Waals surface area contributed by atoms with E-state index in [1.807, 2.05) is 30.6 Å². The van der Waals surface area contributed by atoms with Gasteiger partial charge in [-0.25, -0.2) is 4.98 Å². The molecule has 4 aromatic heterocycles. The van der Waals surface area contributed by atoms with Gasteiger partial charge in [-0.15, -0.1) is 0 Å². The van der Waals surface area contributed by atoms with Crippen molar-refractivity contribution in [2.75, 3.05) is 18.0 Å². The molecule has 4 aromatic rings. The molecule has 7 nitrogen and oxygen atoms in total. The third-order valence-electron chi connectivity index (χ3n) is 5.79. The summed E-state index contributed by atoms with van der Waals surface area (Å²) in [6.45, 7) is 4.04. The van der Waals surface area contributed by atoms with E-state index >= 15 is 0 Å². The van der Waals surface area contributed by atoms with Crippen molar-refractivity contribution in [3.05, 3.63) is 54.5 Å². The van der Waals surface area contributed by atoms with Crippen LogP contribution in [0.15, 0.2) is 48.9 Å². The van der Waals surface area contributed by atoms with E-state index in [4.69, 9.17) is 10.7 Å². The van der Waals surface area contributed by atoms with Crippen LogP contribution in [-0.4, -0.2) is 44.3 Å². The van der Waals surface area contributed by atoms with Gasteiger partial charge >= 0.3 is 0 Å². The number of nitrogens with zero attached hydrogens (tertiary/aromatic N) is 5. The number of anilines is 1. The Morgan fingerprint density at radius 3 is 2.90 bits per heavy atom. The lowest BCUT2D eigenvalue weighted by Gasteiger charge is -2.23. The molecular weight excluding hydrogens is 374 g/mol. The smallest absolute Gasteiger partial charge is 0.132 e. The van der Waals surface area contributed by atoms with Crippen LogP contribution in [0.1, 0.15) is 24.8 Å². The third-order valence-corrected chi connectivity index (χ3v) is 5.79. The Bertz CT molecular complexity index is 1170. The fraction of sp³-hybridized carbons (Fsp3) is 0.304. The molecular formula is C23H25N7. The minimum absolute atomic E-state index is 0.284. The number of nitrogens with two attached hydrogens (primary N) is 1. The first-order chi connectivity index (χ1) is 14.7. The maximum absolute atomic E-state index is 6.17. The van der Waals surface area contributed by atoms with E-state index in [1.165, 1.54) is 5.56 Å². The second kappa shape index (κ2) is 7.84. The van der Waals surface area contributed by atoms with Gasteiger partial charge in [0.25, 0.3) is 0 Å². The number of rotatable bonds is 3. The molecule has 0 bridgehead atoms. The van der Waals surface area contributed by atoms with E-state index in [2.05, 4.69) is 44.1 Å². The molecule has 1 atom stereocenters. The molecule has 0 spiro atoms. The SMILES string of the molecule is Cc1ccc(-c2n[nH]c3cnc(-c4cccnc4)cc23)nc1N1CCC[C@@H](N)CC1. The van der Waals surface area contributed by atoms with E-state index < -0.39 is 0 Å². The zero-order chi connectivity index (χ0) is 20.5. The van der Waals surface area contributed by atoms with Gasteiger partial charge in [0.2, 0.25) is 0 Å². The summed E-state index contributed by atoms with van der Waals surface area (Å²) in [4.78, 5) is 16.2. The second-order valence-electron chi connectivity index (χ2n) is 7.94. The van der Waals surface area contributed by atoms with Crippen LogP contribution in [0.5, 0.6) is 0 Å². The van der Waals surface area contributed by atoms with Crippen molar-refractivity contribution in [2.24, 2.45) is 5.73 Å². The van der Waals surface area contributed by atoms with Crippen LogP contribution in [0.25, 0.3) is 33.5 Å². The highest BCUT2D eigenvalue weighted by molar-refractivity contribution is 5.93. The molecule has 0 amide bonds. The number of aromatic amines is 1. The van der Waals surface area contributed by atoms with Crippen LogP contribution in [0, 0.1) is 6.92 Å². The average Bonchev–Trinajstić information content (AvgIpc) is 3.08. The Morgan fingerprint density at radius 1 is 1.10 bits per heavy atom. The molecule has 0 aliphatic carbocycles. The predicted octanol–water partition coefficient (Wildman–Crippen LogP) is 3.71. The maximum atomic E-state index is 6.17. The minimum Gasteiger partial charge on any atom is -0.356 e. The number of hydrogen-bond acceptors (Lipinski definition) is 6. The van der Waals surface area contributed by atoms with Gasteiger partial charge in [0, 0.05) is 42.5 Å². The Balaban J connectivity index is 1.55. The van der Waals surface area contributed by atoms with Crippen molar-refractivity contribution in [3.8, 4) is 22.6 Å². The predicted molar refractivity (Wildman–Crippen MR) is 119 cm³/mol. The Labute approximate surface area is 175 Å². The van der Waals surface area contributed by atoms with Gasteiger partial charge < -0.3 is 10.6 Å². The second-order valence-corrected chi connectivity index (χ2v) is 7.94. The van der Waals surface area contributed by atoms with Gasteiger partial charge in [-0.05, 0) is 56.0 Å². The number of pyridine rings is 3. The molecule has 1 aliphatic rings. The standard InChI is InChI=1S/C23H25N7/c1-15-6-7-19(27-23(15)30-10-3-5-17(24)8-11-30)22-18-12-20(16-4-2-9-25-13-16)26-14-21(18)28-29-22/h2,4,6-7,9,12-14,17H,3,5,8,10-11,24H2,1H3,(H,28,29)/t17-/m1/s1. The molecule has 1 fully saturated rings. The van der Waals surface area contributed by atoms with E-state index in [0.29, 0.717) is 0 Å². The minimum atomic E-state index is 0.284. The summed E-state index contributed by atoms with van der Waals surface area (Å²) < 4.78 is 0. The quantitative estimate of drug-likeness (QED) is 0.545. The van der Waals surface area contributed by atoms with Gasteiger partial charge in [0.15, 0.2) is 0 Å². The first-order valence-corrected chi connectivity index (χ1v) is 10.4. The zero-order valence-corrected chi connectivity index (χ0v) is 17.0. The fourth-order valence-corrected chi connectivity index (χ4v) is 4.09. The van der Waals surface area contributed by atoms with Crippen LogP contribution >= 0.6 is 0 Å². The van der Waals surface area contributed by atoms with E-state index in [0.717, 1.165) is 71.7 Å². The van der Waals surface area contributed by atoms with Crippen LogP contribution in [-0.2, 0) is 0 Å². The number of fused-ring (bicyclic) bond motifs is 1. The molecule has 30 heavy (non-hydrogen) atoms. The van der Waals surface area contributed by atoms with Crippen molar-refractivity contribution < 1.29 is 0 Å². The molecule has 1 aliphatic heterocycles. The number of aryl methyl sites for hydroxylation is 1. The number of aromatic nitrogens is 5. The lowest BCUT2D eigenvalue weighted by molar-refractivity contribution is 0.601. The molecule has 7 heteroatoms. The Hall–Kier alpha value is -3.32. The van der Waals surface area contributed by atoms with Crippen LogP contribution in [0.3, 0.4) is 0 Å². The third kappa shape index (κ3) is 3.52.